The van der Waals surface area contributed by atoms with Crippen LogP contribution >= 0.6 is 23.2 Å². The molecule has 1 heterocycles. The fourth-order valence-electron chi connectivity index (χ4n) is 2.64. The SMILES string of the molecule is CCC1(CC)CC(=O)N(Cc2ccc(Cl)cc2Cl)C1=O. The van der Waals surface area contributed by atoms with Gasteiger partial charge in [-0.3, -0.25) is 14.5 Å². The number of carbonyl (C=O) groups is 2. The number of rotatable bonds is 4. The Bertz CT molecular complexity index is 553. The molecule has 1 aromatic rings. The molecule has 0 radical (unpaired) electrons. The summed E-state index contributed by atoms with van der Waals surface area (Å²) in [5.74, 6) is -0.205. The number of benzene rings is 1. The van der Waals surface area contributed by atoms with Crippen LogP contribution in [-0.2, 0) is 16.1 Å². The molecule has 0 spiro atoms. The van der Waals surface area contributed by atoms with Crippen molar-refractivity contribution in [2.75, 3.05) is 0 Å². The molecule has 0 N–H and O–H groups in total. The minimum atomic E-state index is -0.532. The van der Waals surface area contributed by atoms with E-state index in [0.29, 0.717) is 29.3 Å². The van der Waals surface area contributed by atoms with Crippen molar-refractivity contribution in [2.24, 2.45) is 5.41 Å². The van der Waals surface area contributed by atoms with E-state index < -0.39 is 5.41 Å². The molecule has 0 saturated carbocycles. The van der Waals surface area contributed by atoms with Crippen molar-refractivity contribution in [3.05, 3.63) is 33.8 Å². The quantitative estimate of drug-likeness (QED) is 0.786. The Morgan fingerprint density at radius 1 is 1.20 bits per heavy atom. The molecule has 1 saturated heterocycles. The predicted molar refractivity (Wildman–Crippen MR) is 79.7 cm³/mol. The molecular formula is C15H17Cl2NO2. The van der Waals surface area contributed by atoms with E-state index in [1.54, 1.807) is 18.2 Å². The Morgan fingerprint density at radius 2 is 1.85 bits per heavy atom. The van der Waals surface area contributed by atoms with E-state index in [9.17, 15) is 9.59 Å². The van der Waals surface area contributed by atoms with Gasteiger partial charge in [-0.05, 0) is 30.5 Å². The van der Waals surface area contributed by atoms with Crippen LogP contribution in [0.1, 0.15) is 38.7 Å². The van der Waals surface area contributed by atoms with Crippen LogP contribution in [0.2, 0.25) is 10.0 Å². The van der Waals surface area contributed by atoms with Crippen LogP contribution in [0.15, 0.2) is 18.2 Å². The van der Waals surface area contributed by atoms with Crippen LogP contribution in [0, 0.1) is 5.41 Å². The molecule has 108 valence electrons. The number of halogens is 2. The molecule has 2 rings (SSSR count). The summed E-state index contributed by atoms with van der Waals surface area (Å²) in [4.78, 5) is 26.0. The van der Waals surface area contributed by atoms with E-state index in [0.717, 1.165) is 5.56 Å². The van der Waals surface area contributed by atoms with Gasteiger partial charge in [-0.15, -0.1) is 0 Å². The van der Waals surface area contributed by atoms with E-state index in [4.69, 9.17) is 23.2 Å². The summed E-state index contributed by atoms with van der Waals surface area (Å²) in [6, 6.07) is 5.08. The Kier molecular flexibility index (Phi) is 4.40. The molecule has 0 bridgehead atoms. The highest BCUT2D eigenvalue weighted by molar-refractivity contribution is 6.35. The molecule has 0 atom stereocenters. The second-order valence-corrected chi connectivity index (χ2v) is 6.03. The maximum absolute atomic E-state index is 12.5. The summed E-state index contributed by atoms with van der Waals surface area (Å²) in [7, 11) is 0. The summed E-state index contributed by atoms with van der Waals surface area (Å²) < 4.78 is 0. The van der Waals surface area contributed by atoms with Crippen LogP contribution in [0.3, 0.4) is 0 Å². The molecular weight excluding hydrogens is 297 g/mol. The number of amides is 2. The molecule has 0 aromatic heterocycles. The van der Waals surface area contributed by atoms with Crippen LogP contribution in [0.25, 0.3) is 0 Å². The summed E-state index contributed by atoms with van der Waals surface area (Å²) in [6.45, 7) is 4.12. The second-order valence-electron chi connectivity index (χ2n) is 5.18. The smallest absolute Gasteiger partial charge is 0.236 e. The fourth-order valence-corrected chi connectivity index (χ4v) is 3.11. The number of hydrogen-bond donors (Lipinski definition) is 0. The van der Waals surface area contributed by atoms with E-state index in [2.05, 4.69) is 0 Å². The first-order valence-corrected chi connectivity index (χ1v) is 7.48. The largest absolute Gasteiger partial charge is 0.278 e. The van der Waals surface area contributed by atoms with Crippen molar-refractivity contribution in [2.45, 2.75) is 39.7 Å². The zero-order valence-corrected chi connectivity index (χ0v) is 13.1. The van der Waals surface area contributed by atoms with Gasteiger partial charge >= 0.3 is 0 Å². The van der Waals surface area contributed by atoms with Gasteiger partial charge in [-0.1, -0.05) is 43.1 Å². The normalized spacial score (nSPS) is 17.9. The number of carbonyl (C=O) groups excluding carboxylic acids is 2. The van der Waals surface area contributed by atoms with Gasteiger partial charge in [0.05, 0.1) is 12.0 Å². The minimum absolute atomic E-state index is 0.0847. The zero-order valence-electron chi connectivity index (χ0n) is 11.6. The second kappa shape index (κ2) is 5.74. The highest BCUT2D eigenvalue weighted by Gasteiger charge is 2.48. The van der Waals surface area contributed by atoms with Crippen molar-refractivity contribution < 1.29 is 9.59 Å². The van der Waals surface area contributed by atoms with Crippen LogP contribution in [0.4, 0.5) is 0 Å². The number of imide groups is 1. The lowest BCUT2D eigenvalue weighted by Gasteiger charge is -2.23. The Balaban J connectivity index is 2.26. The van der Waals surface area contributed by atoms with E-state index in [1.165, 1.54) is 4.90 Å². The third-order valence-corrected chi connectivity index (χ3v) is 4.77. The number of nitrogens with zero attached hydrogens (tertiary/aromatic N) is 1. The maximum atomic E-state index is 12.5. The van der Waals surface area contributed by atoms with Gasteiger partial charge in [-0.2, -0.15) is 0 Å². The van der Waals surface area contributed by atoms with Gasteiger partial charge < -0.3 is 0 Å². The minimum Gasteiger partial charge on any atom is -0.278 e. The molecule has 0 aliphatic carbocycles. The molecule has 1 aromatic carbocycles. The summed E-state index contributed by atoms with van der Waals surface area (Å²) >= 11 is 12.0. The number of likely N-dealkylation sites (tertiary alicyclic amines) is 1. The van der Waals surface area contributed by atoms with Crippen molar-refractivity contribution in [3.63, 3.8) is 0 Å². The lowest BCUT2D eigenvalue weighted by molar-refractivity contribution is -0.142. The zero-order chi connectivity index (χ0) is 14.9. The monoisotopic (exact) mass is 313 g/mol. The molecule has 0 unspecified atom stereocenters. The van der Waals surface area contributed by atoms with Crippen molar-refractivity contribution in [1.29, 1.82) is 0 Å². The predicted octanol–water partition coefficient (Wildman–Crippen LogP) is 4.06. The van der Waals surface area contributed by atoms with Gasteiger partial charge in [0.25, 0.3) is 0 Å². The highest BCUT2D eigenvalue weighted by Crippen LogP contribution is 2.40. The van der Waals surface area contributed by atoms with Gasteiger partial charge in [0.2, 0.25) is 11.8 Å². The molecule has 5 heteroatoms. The lowest BCUT2D eigenvalue weighted by atomic mass is 9.81. The molecule has 1 fully saturated rings. The average Bonchev–Trinajstić information content (AvgIpc) is 2.66. The molecule has 1 aliphatic rings. The van der Waals surface area contributed by atoms with Crippen LogP contribution in [0.5, 0.6) is 0 Å². The Hall–Kier alpha value is -1.06. The van der Waals surface area contributed by atoms with Gasteiger partial charge in [0.15, 0.2) is 0 Å². The molecule has 1 aliphatic heterocycles. The average molecular weight is 314 g/mol. The van der Waals surface area contributed by atoms with Crippen LogP contribution in [-0.4, -0.2) is 16.7 Å². The van der Waals surface area contributed by atoms with Crippen molar-refractivity contribution in [1.82, 2.24) is 4.90 Å². The van der Waals surface area contributed by atoms with E-state index in [-0.39, 0.29) is 18.4 Å². The first-order valence-electron chi connectivity index (χ1n) is 6.72. The Labute approximate surface area is 128 Å². The summed E-state index contributed by atoms with van der Waals surface area (Å²) in [5, 5.41) is 1.01. The van der Waals surface area contributed by atoms with E-state index in [1.807, 2.05) is 13.8 Å². The standard InChI is InChI=1S/C15H17Cl2NO2/c1-3-15(4-2)8-13(19)18(14(15)20)9-10-5-6-11(16)7-12(10)17/h5-7H,3-4,8-9H2,1-2H3. The van der Waals surface area contributed by atoms with E-state index >= 15 is 0 Å². The maximum Gasteiger partial charge on any atom is 0.236 e. The van der Waals surface area contributed by atoms with Crippen molar-refractivity contribution >= 4 is 35.0 Å². The van der Waals surface area contributed by atoms with Crippen molar-refractivity contribution in [3.8, 4) is 0 Å². The fraction of sp³-hybridized carbons (Fsp3) is 0.467. The molecule has 3 nitrogen and oxygen atoms in total. The Morgan fingerprint density at radius 3 is 2.35 bits per heavy atom. The first kappa shape index (κ1) is 15.3. The van der Waals surface area contributed by atoms with Crippen LogP contribution < -0.4 is 0 Å². The van der Waals surface area contributed by atoms with Gasteiger partial charge in [-0.25, -0.2) is 0 Å². The molecule has 2 amide bonds. The lowest BCUT2D eigenvalue weighted by Crippen LogP contribution is -2.34. The number of hydrogen-bond acceptors (Lipinski definition) is 2. The third kappa shape index (κ3) is 2.57. The van der Waals surface area contributed by atoms with Gasteiger partial charge in [0.1, 0.15) is 0 Å². The molecule has 20 heavy (non-hydrogen) atoms. The highest BCUT2D eigenvalue weighted by atomic mass is 35.5. The van der Waals surface area contributed by atoms with Gasteiger partial charge in [0, 0.05) is 16.5 Å². The third-order valence-electron chi connectivity index (χ3n) is 4.19. The summed E-state index contributed by atoms with van der Waals surface area (Å²) in [6.07, 6.45) is 1.65. The first-order chi connectivity index (χ1) is 9.43. The summed E-state index contributed by atoms with van der Waals surface area (Å²) in [5.41, 5.74) is 0.205. The topological polar surface area (TPSA) is 37.4 Å².